The van der Waals surface area contributed by atoms with Gasteiger partial charge in [-0.05, 0) is 0 Å². The number of carbonyl (C=O) groups is 3. The summed E-state index contributed by atoms with van der Waals surface area (Å²) in [4.78, 5) is 27.1. The molecule has 0 saturated heterocycles. The average Bonchev–Trinajstić information content (AvgIpc) is 1.86. The number of hydrogen-bond acceptors (Lipinski definition) is 6. The second kappa shape index (κ2) is 22.6. The van der Waals surface area contributed by atoms with Crippen LogP contribution in [-0.4, -0.2) is 15.7 Å². The van der Waals surface area contributed by atoms with Crippen LogP contribution in [0.2, 0.25) is 0 Å². The van der Waals surface area contributed by atoms with Crippen molar-refractivity contribution < 1.29 is 14.4 Å². The van der Waals surface area contributed by atoms with E-state index in [1.807, 2.05) is 0 Å². The highest BCUT2D eigenvalue weighted by molar-refractivity contribution is 7.77. The lowest BCUT2D eigenvalue weighted by Gasteiger charge is -1.83. The highest BCUT2D eigenvalue weighted by Crippen LogP contribution is 1.41. The summed E-state index contributed by atoms with van der Waals surface area (Å²) in [5.74, 6) is 0. The zero-order valence-corrected chi connectivity index (χ0v) is 9.55. The molecule has 0 aromatic rings. The fourth-order valence-electron chi connectivity index (χ4n) is 0. The van der Waals surface area contributed by atoms with Crippen LogP contribution in [0.25, 0.3) is 0 Å². The molecule has 0 aliphatic heterocycles. The van der Waals surface area contributed by atoms with Crippen LogP contribution in [0.5, 0.6) is 0 Å². The third-order valence-corrected chi connectivity index (χ3v) is 0. The van der Waals surface area contributed by atoms with Crippen molar-refractivity contribution in [2.45, 2.75) is 0 Å². The van der Waals surface area contributed by atoms with Crippen LogP contribution >= 0.6 is 0 Å². The van der Waals surface area contributed by atoms with Crippen molar-refractivity contribution in [3.8, 4) is 0 Å². The smallest absolute Gasteiger partial charge is 0.0954 e. The van der Waals surface area contributed by atoms with E-state index in [9.17, 15) is 0 Å². The summed E-state index contributed by atoms with van der Waals surface area (Å²) < 4.78 is 0. The van der Waals surface area contributed by atoms with E-state index in [1.54, 1.807) is 0 Å². The van der Waals surface area contributed by atoms with Crippen LogP contribution in [-0.2, 0) is 37.9 Å². The molecule has 0 atom stereocenters. The average molecular weight is 256 g/mol. The maximum Gasteiger partial charge on any atom is 0.0954 e. The first-order valence-electron chi connectivity index (χ1n) is 2.59. The number of primary amides is 3. The number of carbonyl (C=O) groups excluding carboxylic acids is 3. The Bertz CT molecular complexity index is 136. The third-order valence-electron chi connectivity index (χ3n) is 0. The molecule has 9 heteroatoms. The highest BCUT2D eigenvalue weighted by Gasteiger charge is 1.42. The predicted molar refractivity (Wildman–Crippen MR) is 62.1 cm³/mol. The lowest BCUT2D eigenvalue weighted by Crippen LogP contribution is -2.00. The first-order valence-corrected chi connectivity index (χ1v) is 3.82. The van der Waals surface area contributed by atoms with Crippen molar-refractivity contribution >= 4 is 53.6 Å². The lowest BCUT2D eigenvalue weighted by atomic mass is 11.3. The molecule has 14 heavy (non-hydrogen) atoms. The molecule has 0 heterocycles. The summed E-state index contributed by atoms with van der Waals surface area (Å²) in [6, 6.07) is 0. The first kappa shape index (κ1) is 23.0. The SMILES string of the molecule is C=C.NC(=O)[S-].NC(=O)[S-].NC(=O)[S-]. The molecule has 0 radical (unpaired) electrons. The molecule has 84 valence electrons. The van der Waals surface area contributed by atoms with E-state index in [1.165, 1.54) is 0 Å². The molecule has 6 nitrogen and oxygen atoms in total. The first-order chi connectivity index (χ1) is 6.20. The summed E-state index contributed by atoms with van der Waals surface area (Å²) in [5.41, 5.74) is 12.9. The minimum Gasteiger partial charge on any atom is -0.719 e. The van der Waals surface area contributed by atoms with Gasteiger partial charge in [-0.2, -0.15) is 0 Å². The van der Waals surface area contributed by atoms with E-state index in [4.69, 9.17) is 14.4 Å². The van der Waals surface area contributed by atoms with Crippen molar-refractivity contribution in [2.24, 2.45) is 17.2 Å². The van der Waals surface area contributed by atoms with Gasteiger partial charge in [0.25, 0.3) is 0 Å². The Morgan fingerprint density at radius 3 is 0.714 bits per heavy atom. The Morgan fingerprint density at radius 1 is 0.714 bits per heavy atom. The van der Waals surface area contributed by atoms with Crippen LogP contribution in [0.4, 0.5) is 14.4 Å². The van der Waals surface area contributed by atoms with Gasteiger partial charge in [0.2, 0.25) is 0 Å². The number of rotatable bonds is 0. The van der Waals surface area contributed by atoms with Gasteiger partial charge in [0, 0.05) is 0 Å². The largest absolute Gasteiger partial charge is 0.719 e. The second-order valence-electron chi connectivity index (χ2n) is 0.957. The van der Waals surface area contributed by atoms with Gasteiger partial charge in [0.1, 0.15) is 0 Å². The summed E-state index contributed by atoms with van der Waals surface area (Å²) >= 11 is 11.3. The predicted octanol–water partition coefficient (Wildman–Crippen LogP) is -0.362. The van der Waals surface area contributed by atoms with Crippen LogP contribution in [0, 0.1) is 0 Å². The molecule has 0 aromatic heterocycles. The molecule has 0 aliphatic rings. The van der Waals surface area contributed by atoms with E-state index in [0.29, 0.717) is 0 Å². The minimum absolute atomic E-state index is 0.750. The van der Waals surface area contributed by atoms with Crippen LogP contribution in [0.15, 0.2) is 13.2 Å². The Labute approximate surface area is 98.5 Å². The number of nitrogens with two attached hydrogens (primary N) is 3. The molecule has 0 fully saturated rings. The minimum atomic E-state index is -0.750. The fraction of sp³-hybridized carbons (Fsp3) is 0. The second-order valence-corrected chi connectivity index (χ2v) is 2.16. The van der Waals surface area contributed by atoms with Gasteiger partial charge in [0.15, 0.2) is 0 Å². The Balaban J connectivity index is -0.0000000492. The van der Waals surface area contributed by atoms with Gasteiger partial charge in [0.05, 0.1) is 15.7 Å². The zero-order chi connectivity index (χ0) is 12.7. The molecular formula is C5H10N3O3S3-3. The van der Waals surface area contributed by atoms with E-state index in [-0.39, 0.29) is 0 Å². The van der Waals surface area contributed by atoms with E-state index >= 15 is 0 Å². The zero-order valence-electron chi connectivity index (χ0n) is 7.10. The molecular weight excluding hydrogens is 246 g/mol. The van der Waals surface area contributed by atoms with Gasteiger partial charge >= 0.3 is 0 Å². The molecule has 3 amide bonds. The molecule has 6 N–H and O–H groups in total. The highest BCUT2D eigenvalue weighted by atomic mass is 32.1. The molecule has 0 spiro atoms. The molecule has 0 aromatic carbocycles. The number of amides is 3. The van der Waals surface area contributed by atoms with Gasteiger partial charge < -0.3 is 69.5 Å². The van der Waals surface area contributed by atoms with Crippen LogP contribution < -0.4 is 17.2 Å². The quantitative estimate of drug-likeness (QED) is 0.401. The van der Waals surface area contributed by atoms with Crippen LogP contribution in [0.3, 0.4) is 0 Å². The Kier molecular flexibility index (Phi) is 37.2. The number of hydrogen-bond donors (Lipinski definition) is 3. The van der Waals surface area contributed by atoms with Crippen molar-refractivity contribution in [1.29, 1.82) is 0 Å². The molecule has 0 unspecified atom stereocenters. The third kappa shape index (κ3) is 735. The standard InChI is InChI=1S/C2H4.3CH3NOS/c1-2;3*2-1(3)4/h1-2H2;3*(H3,2,3,4)/p-3. The summed E-state index contributed by atoms with van der Waals surface area (Å²) in [6.45, 7) is 6.00. The van der Waals surface area contributed by atoms with Crippen molar-refractivity contribution in [3.05, 3.63) is 13.2 Å². The van der Waals surface area contributed by atoms with Crippen LogP contribution in [0.1, 0.15) is 0 Å². The lowest BCUT2D eigenvalue weighted by molar-refractivity contribution is 0.266. The monoisotopic (exact) mass is 256 g/mol. The van der Waals surface area contributed by atoms with Crippen molar-refractivity contribution in [3.63, 3.8) is 0 Å². The maximum absolute atomic E-state index is 9.04. The molecule has 0 rings (SSSR count). The van der Waals surface area contributed by atoms with Gasteiger partial charge in [-0.3, -0.25) is 0 Å². The van der Waals surface area contributed by atoms with E-state index in [0.717, 1.165) is 0 Å². The Morgan fingerprint density at radius 2 is 0.714 bits per heavy atom. The summed E-state index contributed by atoms with van der Waals surface area (Å²) in [7, 11) is 0. The molecule has 0 bridgehead atoms. The van der Waals surface area contributed by atoms with Crippen molar-refractivity contribution in [1.82, 2.24) is 0 Å². The molecule has 0 aliphatic carbocycles. The maximum atomic E-state index is 9.04. The van der Waals surface area contributed by atoms with Crippen molar-refractivity contribution in [2.75, 3.05) is 0 Å². The normalized spacial score (nSPS) is 5.43. The van der Waals surface area contributed by atoms with E-state index < -0.39 is 15.7 Å². The fourth-order valence-corrected chi connectivity index (χ4v) is 0. The Hall–Kier alpha value is -1.19. The summed E-state index contributed by atoms with van der Waals surface area (Å²) in [5, 5.41) is -2.25. The topological polar surface area (TPSA) is 129 Å². The van der Waals surface area contributed by atoms with E-state index in [2.05, 4.69) is 68.2 Å². The van der Waals surface area contributed by atoms with Gasteiger partial charge in [-0.25, -0.2) is 0 Å². The summed E-state index contributed by atoms with van der Waals surface area (Å²) in [6.07, 6.45) is 0. The molecule has 0 saturated carbocycles. The van der Waals surface area contributed by atoms with Gasteiger partial charge in [-0.15, -0.1) is 13.2 Å². The van der Waals surface area contributed by atoms with Gasteiger partial charge in [-0.1, -0.05) is 0 Å².